The minimum absolute atomic E-state index is 0.00576. The van der Waals surface area contributed by atoms with Gasteiger partial charge in [-0.2, -0.15) is 0 Å². The van der Waals surface area contributed by atoms with Crippen molar-refractivity contribution < 1.29 is 10.0 Å². The molecular formula is C20H22N4O3S. The number of aliphatic hydroxyl groups is 1. The van der Waals surface area contributed by atoms with Gasteiger partial charge in [-0.15, -0.1) is 0 Å². The van der Waals surface area contributed by atoms with E-state index in [4.69, 9.17) is 4.98 Å². The molecule has 0 spiro atoms. The van der Waals surface area contributed by atoms with E-state index < -0.39 is 4.92 Å². The molecule has 146 valence electrons. The molecule has 3 rings (SSSR count). The highest BCUT2D eigenvalue weighted by atomic mass is 32.2. The second-order valence-electron chi connectivity index (χ2n) is 6.64. The van der Waals surface area contributed by atoms with Crippen molar-refractivity contribution in [3.63, 3.8) is 0 Å². The van der Waals surface area contributed by atoms with Crippen LogP contribution in [0.5, 0.6) is 0 Å². The summed E-state index contributed by atoms with van der Waals surface area (Å²) < 4.78 is 2.09. The second-order valence-corrected chi connectivity index (χ2v) is 7.71. The largest absolute Gasteiger partial charge is 0.396 e. The van der Waals surface area contributed by atoms with Crippen molar-refractivity contribution >= 4 is 17.4 Å². The first kappa shape index (κ1) is 20.0. The van der Waals surface area contributed by atoms with Crippen LogP contribution in [-0.4, -0.2) is 31.2 Å². The number of aromatic nitrogens is 3. The number of imidazole rings is 1. The first-order valence-electron chi connectivity index (χ1n) is 9.01. The summed E-state index contributed by atoms with van der Waals surface area (Å²) in [7, 11) is 0. The molecule has 0 saturated carbocycles. The van der Waals surface area contributed by atoms with Crippen molar-refractivity contribution in [2.75, 3.05) is 6.61 Å². The number of hydrogen-bond acceptors (Lipinski definition) is 6. The maximum atomic E-state index is 11.1. The maximum absolute atomic E-state index is 11.1. The molecule has 0 fully saturated rings. The van der Waals surface area contributed by atoms with Crippen molar-refractivity contribution in [2.45, 2.75) is 42.7 Å². The zero-order valence-corrected chi connectivity index (χ0v) is 16.6. The summed E-state index contributed by atoms with van der Waals surface area (Å²) in [6.07, 6.45) is 3.93. The summed E-state index contributed by atoms with van der Waals surface area (Å²) >= 11 is 1.47. The van der Waals surface area contributed by atoms with E-state index in [2.05, 4.69) is 23.4 Å². The van der Waals surface area contributed by atoms with Crippen molar-refractivity contribution in [1.29, 1.82) is 0 Å². The molecule has 7 nitrogen and oxygen atoms in total. The van der Waals surface area contributed by atoms with Crippen LogP contribution in [0.1, 0.15) is 36.8 Å². The van der Waals surface area contributed by atoms with Crippen LogP contribution >= 0.6 is 11.8 Å². The molecule has 0 bridgehead atoms. The Morgan fingerprint density at radius 2 is 2.00 bits per heavy atom. The van der Waals surface area contributed by atoms with Gasteiger partial charge in [0.05, 0.1) is 17.2 Å². The Hall–Kier alpha value is -2.71. The topological polar surface area (TPSA) is 94.1 Å². The predicted molar refractivity (Wildman–Crippen MR) is 108 cm³/mol. The summed E-state index contributed by atoms with van der Waals surface area (Å²) in [5.74, 6) is 0.980. The maximum Gasteiger partial charge on any atom is 0.270 e. The molecule has 0 radical (unpaired) electrons. The van der Waals surface area contributed by atoms with E-state index in [0.717, 1.165) is 27.0 Å². The molecule has 0 saturated heterocycles. The molecule has 1 N–H and O–H groups in total. The molecule has 0 aliphatic heterocycles. The van der Waals surface area contributed by atoms with Gasteiger partial charge in [-0.1, -0.05) is 31.7 Å². The van der Waals surface area contributed by atoms with Crippen LogP contribution in [0.3, 0.4) is 0 Å². The van der Waals surface area contributed by atoms with Crippen molar-refractivity contribution in [3.8, 4) is 0 Å². The summed E-state index contributed by atoms with van der Waals surface area (Å²) in [5, 5.41) is 21.6. The number of nitro benzene ring substituents is 1. The van der Waals surface area contributed by atoms with Crippen LogP contribution in [0.4, 0.5) is 5.69 Å². The Bertz CT molecular complexity index is 957. The summed E-state index contributed by atoms with van der Waals surface area (Å²) in [5.41, 5.74) is 2.06. The molecule has 0 unspecified atom stereocenters. The van der Waals surface area contributed by atoms with E-state index in [0.29, 0.717) is 13.0 Å². The number of nitrogens with zero attached hydrogens (tertiary/aromatic N) is 4. The third kappa shape index (κ3) is 4.58. The smallest absolute Gasteiger partial charge is 0.270 e. The lowest BCUT2D eigenvalue weighted by molar-refractivity contribution is -0.385. The van der Waals surface area contributed by atoms with Gasteiger partial charge < -0.3 is 9.67 Å². The van der Waals surface area contributed by atoms with Gasteiger partial charge in [0.1, 0.15) is 10.9 Å². The number of aliphatic hydroxyl groups excluding tert-OH is 1. The molecule has 0 amide bonds. The minimum Gasteiger partial charge on any atom is -0.396 e. The highest BCUT2D eigenvalue weighted by molar-refractivity contribution is 7.99. The predicted octanol–water partition coefficient (Wildman–Crippen LogP) is 4.04. The summed E-state index contributed by atoms with van der Waals surface area (Å²) in [6, 6.07) is 10.5. The number of hydrogen-bond donors (Lipinski definition) is 1. The van der Waals surface area contributed by atoms with Gasteiger partial charge in [0.15, 0.2) is 0 Å². The number of benzene rings is 1. The van der Waals surface area contributed by atoms with Gasteiger partial charge in [-0.05, 0) is 29.7 Å². The average molecular weight is 398 g/mol. The molecule has 3 aromatic rings. The Morgan fingerprint density at radius 3 is 2.64 bits per heavy atom. The fraction of sp³-hybridized carbons (Fsp3) is 0.300. The second kappa shape index (κ2) is 8.99. The first-order valence-corrected chi connectivity index (χ1v) is 9.82. The average Bonchev–Trinajstić information content (AvgIpc) is 3.01. The van der Waals surface area contributed by atoms with E-state index in [1.807, 2.05) is 18.2 Å². The normalized spacial score (nSPS) is 11.1. The highest BCUT2D eigenvalue weighted by Gasteiger charge is 2.21. The summed E-state index contributed by atoms with van der Waals surface area (Å²) in [6.45, 7) is 4.74. The first-order chi connectivity index (χ1) is 13.5. The van der Waals surface area contributed by atoms with E-state index in [9.17, 15) is 15.2 Å². The molecular weight excluding hydrogens is 376 g/mol. The lowest BCUT2D eigenvalue weighted by atomic mass is 10.1. The number of rotatable bonds is 8. The standard InChI is InChI=1S/C20H22N4O3S/c1-14(2)19-20(28-17-5-3-4-16(12-17)24(26)27)23(18(22-19)8-11-25)13-15-6-9-21-10-7-15/h3-7,9-10,12,14,25H,8,11,13H2,1-2H3. The lowest BCUT2D eigenvalue weighted by Gasteiger charge is -2.13. The van der Waals surface area contributed by atoms with Gasteiger partial charge in [0, 0.05) is 42.4 Å². The monoisotopic (exact) mass is 398 g/mol. The van der Waals surface area contributed by atoms with Gasteiger partial charge in [0.25, 0.3) is 5.69 Å². The fourth-order valence-electron chi connectivity index (χ4n) is 2.88. The Labute approximate surface area is 167 Å². The SMILES string of the molecule is CC(C)c1nc(CCO)n(Cc2ccncc2)c1Sc1cccc([N+](=O)[O-])c1. The van der Waals surface area contributed by atoms with Crippen LogP contribution in [0.15, 0.2) is 58.7 Å². The van der Waals surface area contributed by atoms with E-state index in [1.54, 1.807) is 24.5 Å². The van der Waals surface area contributed by atoms with E-state index in [1.165, 1.54) is 17.8 Å². The van der Waals surface area contributed by atoms with Gasteiger partial charge >= 0.3 is 0 Å². The van der Waals surface area contributed by atoms with Crippen LogP contribution < -0.4 is 0 Å². The van der Waals surface area contributed by atoms with Gasteiger partial charge in [-0.25, -0.2) is 4.98 Å². The van der Waals surface area contributed by atoms with Gasteiger partial charge in [0.2, 0.25) is 0 Å². The number of non-ortho nitro benzene ring substituents is 1. The van der Waals surface area contributed by atoms with Gasteiger partial charge in [-0.3, -0.25) is 15.1 Å². The molecule has 28 heavy (non-hydrogen) atoms. The molecule has 0 atom stereocenters. The van der Waals surface area contributed by atoms with Crippen LogP contribution in [0, 0.1) is 10.1 Å². The number of nitro groups is 1. The minimum atomic E-state index is -0.390. The quantitative estimate of drug-likeness (QED) is 0.454. The Kier molecular flexibility index (Phi) is 6.43. The van der Waals surface area contributed by atoms with Crippen LogP contribution in [-0.2, 0) is 13.0 Å². The zero-order chi connectivity index (χ0) is 20.1. The van der Waals surface area contributed by atoms with Crippen molar-refractivity contribution in [3.05, 3.63) is 76.0 Å². The third-order valence-electron chi connectivity index (χ3n) is 4.24. The molecule has 1 aromatic carbocycles. The molecule has 0 aliphatic rings. The zero-order valence-electron chi connectivity index (χ0n) is 15.8. The van der Waals surface area contributed by atoms with Crippen molar-refractivity contribution in [1.82, 2.24) is 14.5 Å². The van der Waals surface area contributed by atoms with E-state index >= 15 is 0 Å². The molecule has 8 heteroatoms. The molecule has 2 aromatic heterocycles. The molecule has 2 heterocycles. The Morgan fingerprint density at radius 1 is 1.25 bits per heavy atom. The fourth-order valence-corrected chi connectivity index (χ4v) is 4.10. The van der Waals surface area contributed by atoms with Crippen molar-refractivity contribution in [2.24, 2.45) is 0 Å². The number of pyridine rings is 1. The third-order valence-corrected chi connectivity index (χ3v) is 5.35. The van der Waals surface area contributed by atoms with Crippen LogP contribution in [0.2, 0.25) is 0 Å². The highest BCUT2D eigenvalue weighted by Crippen LogP contribution is 2.36. The summed E-state index contributed by atoms with van der Waals surface area (Å²) in [4.78, 5) is 20.4. The van der Waals surface area contributed by atoms with E-state index in [-0.39, 0.29) is 18.2 Å². The van der Waals surface area contributed by atoms with Crippen LogP contribution in [0.25, 0.3) is 0 Å². The molecule has 0 aliphatic carbocycles. The lowest BCUT2D eigenvalue weighted by Crippen LogP contribution is -2.08. The Balaban J connectivity index is 2.06.